The van der Waals surface area contributed by atoms with Crippen LogP contribution in [0.1, 0.15) is 52.4 Å². The lowest BCUT2D eigenvalue weighted by atomic mass is 9.85. The second kappa shape index (κ2) is 6.03. The van der Waals surface area contributed by atoms with Crippen LogP contribution in [0.2, 0.25) is 0 Å². The summed E-state index contributed by atoms with van der Waals surface area (Å²) in [4.78, 5) is 36.7. The van der Waals surface area contributed by atoms with Crippen molar-refractivity contribution in [2.75, 3.05) is 6.54 Å². The van der Waals surface area contributed by atoms with Crippen LogP contribution in [0.25, 0.3) is 0 Å². The molecule has 3 amide bonds. The Morgan fingerprint density at radius 1 is 1.14 bits per heavy atom. The number of hydrogen-bond donors (Lipinski definition) is 2. The fraction of sp³-hybridized carbons (Fsp3) is 0.800. The molecular weight excluding hydrogens is 272 g/mol. The van der Waals surface area contributed by atoms with Crippen molar-refractivity contribution < 1.29 is 19.5 Å². The SMILES string of the molecule is CC(C)(CC(=O)O)CC(=O)NC(=O)N(CC1CC1)C1CC1. The van der Waals surface area contributed by atoms with Gasteiger partial charge in [0.25, 0.3) is 0 Å². The van der Waals surface area contributed by atoms with Gasteiger partial charge in [-0.3, -0.25) is 14.9 Å². The second-order valence-electron chi connectivity index (χ2n) is 7.09. The third kappa shape index (κ3) is 5.36. The van der Waals surface area contributed by atoms with Crippen LogP contribution >= 0.6 is 0 Å². The van der Waals surface area contributed by atoms with Crippen LogP contribution in [0.5, 0.6) is 0 Å². The van der Waals surface area contributed by atoms with Gasteiger partial charge in [0.1, 0.15) is 0 Å². The van der Waals surface area contributed by atoms with E-state index in [-0.39, 0.29) is 24.9 Å². The maximum absolute atomic E-state index is 12.2. The molecular formula is C15H24N2O4. The van der Waals surface area contributed by atoms with Gasteiger partial charge in [-0.1, -0.05) is 13.8 Å². The lowest BCUT2D eigenvalue weighted by molar-refractivity contribution is -0.139. The maximum atomic E-state index is 12.2. The fourth-order valence-corrected chi connectivity index (χ4v) is 2.50. The third-order valence-electron chi connectivity index (χ3n) is 3.92. The van der Waals surface area contributed by atoms with E-state index in [4.69, 9.17) is 5.11 Å². The number of carbonyl (C=O) groups is 3. The Morgan fingerprint density at radius 3 is 2.24 bits per heavy atom. The van der Waals surface area contributed by atoms with Gasteiger partial charge in [0, 0.05) is 19.0 Å². The van der Waals surface area contributed by atoms with Gasteiger partial charge in [-0.2, -0.15) is 0 Å². The van der Waals surface area contributed by atoms with Gasteiger partial charge in [-0.05, 0) is 37.0 Å². The number of hydrogen-bond acceptors (Lipinski definition) is 3. The maximum Gasteiger partial charge on any atom is 0.324 e. The van der Waals surface area contributed by atoms with Crippen LogP contribution in [-0.4, -0.2) is 40.5 Å². The molecule has 0 aromatic carbocycles. The normalized spacial score (nSPS) is 18.2. The highest BCUT2D eigenvalue weighted by atomic mass is 16.4. The van der Waals surface area contributed by atoms with E-state index >= 15 is 0 Å². The van der Waals surface area contributed by atoms with E-state index in [0.29, 0.717) is 5.92 Å². The van der Waals surface area contributed by atoms with E-state index in [1.807, 2.05) is 0 Å². The summed E-state index contributed by atoms with van der Waals surface area (Å²) < 4.78 is 0. The Balaban J connectivity index is 1.82. The number of amides is 3. The van der Waals surface area contributed by atoms with Crippen molar-refractivity contribution in [2.24, 2.45) is 11.3 Å². The molecule has 6 heteroatoms. The summed E-state index contributed by atoms with van der Waals surface area (Å²) in [6, 6.07) is -0.0362. The van der Waals surface area contributed by atoms with Gasteiger partial charge in [-0.25, -0.2) is 4.79 Å². The first-order valence-corrected chi connectivity index (χ1v) is 7.59. The molecule has 0 aliphatic heterocycles. The Hall–Kier alpha value is -1.59. The first kappa shape index (κ1) is 15.8. The van der Waals surface area contributed by atoms with E-state index in [1.54, 1.807) is 18.7 Å². The van der Waals surface area contributed by atoms with Crippen molar-refractivity contribution in [2.45, 2.75) is 58.4 Å². The number of aliphatic carboxylic acids is 1. The molecule has 21 heavy (non-hydrogen) atoms. The first-order valence-electron chi connectivity index (χ1n) is 7.59. The number of nitrogens with zero attached hydrogens (tertiary/aromatic N) is 1. The summed E-state index contributed by atoms with van der Waals surface area (Å²) in [5.74, 6) is -0.741. The molecule has 0 heterocycles. The molecule has 0 bridgehead atoms. The van der Waals surface area contributed by atoms with E-state index in [2.05, 4.69) is 5.32 Å². The largest absolute Gasteiger partial charge is 0.481 e. The van der Waals surface area contributed by atoms with Crippen molar-refractivity contribution in [1.29, 1.82) is 0 Å². The highest BCUT2D eigenvalue weighted by Gasteiger charge is 2.37. The smallest absolute Gasteiger partial charge is 0.324 e. The predicted molar refractivity (Wildman–Crippen MR) is 76.6 cm³/mol. The summed E-state index contributed by atoms with van der Waals surface area (Å²) in [6.07, 6.45) is 4.29. The highest BCUT2D eigenvalue weighted by molar-refractivity contribution is 5.95. The van der Waals surface area contributed by atoms with Crippen molar-refractivity contribution in [3.8, 4) is 0 Å². The van der Waals surface area contributed by atoms with E-state index < -0.39 is 17.3 Å². The minimum absolute atomic E-state index is 0.0347. The molecule has 0 spiro atoms. The van der Waals surface area contributed by atoms with E-state index in [1.165, 1.54) is 0 Å². The van der Waals surface area contributed by atoms with Crippen molar-refractivity contribution >= 4 is 17.9 Å². The molecule has 2 saturated carbocycles. The van der Waals surface area contributed by atoms with Gasteiger partial charge in [0.05, 0.1) is 6.42 Å². The number of imide groups is 1. The fourth-order valence-electron chi connectivity index (χ4n) is 2.50. The molecule has 118 valence electrons. The van der Waals surface area contributed by atoms with Crippen LogP contribution in [0.3, 0.4) is 0 Å². The van der Waals surface area contributed by atoms with Crippen LogP contribution < -0.4 is 5.32 Å². The molecule has 0 saturated heterocycles. The van der Waals surface area contributed by atoms with Gasteiger partial charge in [0.15, 0.2) is 0 Å². The van der Waals surface area contributed by atoms with Crippen LogP contribution in [0, 0.1) is 11.3 Å². The van der Waals surface area contributed by atoms with E-state index in [0.717, 1.165) is 32.2 Å². The van der Waals surface area contributed by atoms with Crippen molar-refractivity contribution in [3.05, 3.63) is 0 Å². The summed E-state index contributed by atoms with van der Waals surface area (Å²) in [6.45, 7) is 4.17. The molecule has 0 aromatic heterocycles. The van der Waals surface area contributed by atoms with Crippen molar-refractivity contribution in [3.63, 3.8) is 0 Å². The van der Waals surface area contributed by atoms with E-state index in [9.17, 15) is 14.4 Å². The summed E-state index contributed by atoms with van der Waals surface area (Å²) >= 11 is 0. The topological polar surface area (TPSA) is 86.7 Å². The predicted octanol–water partition coefficient (Wildman–Crippen LogP) is 1.99. The number of carbonyl (C=O) groups excluding carboxylic acids is 2. The minimum atomic E-state index is -0.938. The molecule has 0 atom stereocenters. The van der Waals surface area contributed by atoms with Crippen LogP contribution in [-0.2, 0) is 9.59 Å². The number of nitrogens with one attached hydrogen (secondary N) is 1. The molecule has 2 aliphatic carbocycles. The standard InChI is InChI=1S/C15H24N2O4/c1-15(2,8-13(19)20)7-12(18)16-14(21)17(11-5-6-11)9-10-3-4-10/h10-11H,3-9H2,1-2H3,(H,19,20)(H,16,18,21). The number of rotatable bonds is 7. The third-order valence-corrected chi connectivity index (χ3v) is 3.92. The zero-order valence-corrected chi connectivity index (χ0v) is 12.7. The minimum Gasteiger partial charge on any atom is -0.481 e. The molecule has 0 radical (unpaired) electrons. The Labute approximate surface area is 124 Å². The average Bonchev–Trinajstić information content (AvgIpc) is 3.17. The van der Waals surface area contributed by atoms with Crippen LogP contribution in [0.15, 0.2) is 0 Å². The van der Waals surface area contributed by atoms with Gasteiger partial charge in [0.2, 0.25) is 5.91 Å². The zero-order valence-electron chi connectivity index (χ0n) is 12.7. The lowest BCUT2D eigenvalue weighted by Crippen LogP contribution is -2.45. The van der Waals surface area contributed by atoms with Crippen LogP contribution in [0.4, 0.5) is 4.79 Å². The molecule has 2 N–H and O–H groups in total. The first-order chi connectivity index (χ1) is 9.77. The highest BCUT2D eigenvalue weighted by Crippen LogP contribution is 2.34. The number of carboxylic acid groups (broad SMARTS) is 1. The van der Waals surface area contributed by atoms with Gasteiger partial charge < -0.3 is 10.0 Å². The molecule has 2 fully saturated rings. The van der Waals surface area contributed by atoms with Crippen molar-refractivity contribution in [1.82, 2.24) is 10.2 Å². The Kier molecular flexibility index (Phi) is 4.54. The average molecular weight is 296 g/mol. The summed E-state index contributed by atoms with van der Waals surface area (Å²) in [5.41, 5.74) is -0.656. The Bertz CT molecular complexity index is 439. The molecule has 0 unspecified atom stereocenters. The molecule has 6 nitrogen and oxygen atoms in total. The molecule has 0 aromatic rings. The zero-order chi connectivity index (χ0) is 15.6. The lowest BCUT2D eigenvalue weighted by Gasteiger charge is -2.25. The quantitative estimate of drug-likeness (QED) is 0.752. The monoisotopic (exact) mass is 296 g/mol. The van der Waals surface area contributed by atoms with Gasteiger partial charge in [-0.15, -0.1) is 0 Å². The number of carboxylic acids is 1. The molecule has 2 aliphatic rings. The van der Waals surface area contributed by atoms with Gasteiger partial charge >= 0.3 is 12.0 Å². The second-order valence-corrected chi connectivity index (χ2v) is 7.09. The Morgan fingerprint density at radius 2 is 1.76 bits per heavy atom. The molecule has 2 rings (SSSR count). The summed E-state index contributed by atoms with van der Waals surface area (Å²) in [7, 11) is 0. The number of urea groups is 1. The summed E-state index contributed by atoms with van der Waals surface area (Å²) in [5, 5.41) is 11.2.